The van der Waals surface area contributed by atoms with E-state index in [-0.39, 0.29) is 23.0 Å². The van der Waals surface area contributed by atoms with Crippen LogP contribution in [0, 0.1) is 5.92 Å². The molecule has 5 nitrogen and oxygen atoms in total. The predicted octanol–water partition coefficient (Wildman–Crippen LogP) is 0.128. The predicted molar refractivity (Wildman–Crippen MR) is 58.2 cm³/mol. The molecule has 1 amide bonds. The molecule has 0 aliphatic carbocycles. The number of carbonyl (C=O) groups excluding carboxylic acids is 1. The Labute approximate surface area is 93.1 Å². The lowest BCUT2D eigenvalue weighted by Crippen LogP contribution is -2.52. The van der Waals surface area contributed by atoms with Gasteiger partial charge in [-0.1, -0.05) is 0 Å². The molecule has 4 N–H and O–H groups in total. The van der Waals surface area contributed by atoms with Crippen molar-refractivity contribution in [1.29, 1.82) is 0 Å². The van der Waals surface area contributed by atoms with E-state index < -0.39 is 0 Å². The first-order valence-corrected chi connectivity index (χ1v) is 5.13. The van der Waals surface area contributed by atoms with Gasteiger partial charge >= 0.3 is 0 Å². The second kappa shape index (κ2) is 4.02. The van der Waals surface area contributed by atoms with E-state index in [0.717, 1.165) is 6.07 Å². The van der Waals surface area contributed by atoms with Crippen LogP contribution in [0.25, 0.3) is 0 Å². The summed E-state index contributed by atoms with van der Waals surface area (Å²) in [5.41, 5.74) is 5.68. The van der Waals surface area contributed by atoms with Crippen LogP contribution in [0.15, 0.2) is 18.2 Å². The van der Waals surface area contributed by atoms with Crippen molar-refractivity contribution < 1.29 is 15.0 Å². The summed E-state index contributed by atoms with van der Waals surface area (Å²) in [7, 11) is 0. The van der Waals surface area contributed by atoms with E-state index in [1.165, 1.54) is 12.1 Å². The van der Waals surface area contributed by atoms with Crippen molar-refractivity contribution in [2.45, 2.75) is 0 Å². The van der Waals surface area contributed by atoms with Crippen molar-refractivity contribution in [3.05, 3.63) is 23.8 Å². The van der Waals surface area contributed by atoms with E-state index in [1.54, 1.807) is 4.90 Å². The highest BCUT2D eigenvalue weighted by Crippen LogP contribution is 2.26. The molecular formula is C11H14N2O3. The van der Waals surface area contributed by atoms with Crippen LogP contribution in [0.1, 0.15) is 10.4 Å². The van der Waals surface area contributed by atoms with Gasteiger partial charge < -0.3 is 20.8 Å². The largest absolute Gasteiger partial charge is 0.508 e. The van der Waals surface area contributed by atoms with Gasteiger partial charge in [0.05, 0.1) is 5.56 Å². The van der Waals surface area contributed by atoms with E-state index in [9.17, 15) is 9.90 Å². The lowest BCUT2D eigenvalue weighted by Gasteiger charge is -2.38. The number of hydrogen-bond donors (Lipinski definition) is 3. The number of rotatable bonds is 2. The molecule has 0 atom stereocenters. The van der Waals surface area contributed by atoms with Gasteiger partial charge in [0.2, 0.25) is 0 Å². The molecule has 1 aliphatic heterocycles. The Balaban J connectivity index is 2.10. The third kappa shape index (κ3) is 1.81. The van der Waals surface area contributed by atoms with Gasteiger partial charge in [0, 0.05) is 25.1 Å². The standard InChI is InChI=1S/C11H14N2O3/c12-4-7-5-13(6-7)11(16)9-2-1-8(14)3-10(9)15/h1-3,7,14-15H,4-6,12H2. The number of carbonyl (C=O) groups is 1. The topological polar surface area (TPSA) is 86.8 Å². The Morgan fingerprint density at radius 2 is 2.12 bits per heavy atom. The van der Waals surface area contributed by atoms with Crippen LogP contribution in [0.2, 0.25) is 0 Å². The number of phenols is 2. The van der Waals surface area contributed by atoms with Crippen molar-refractivity contribution in [1.82, 2.24) is 4.90 Å². The first-order valence-electron chi connectivity index (χ1n) is 5.13. The number of nitrogens with zero attached hydrogens (tertiary/aromatic N) is 1. The molecule has 0 spiro atoms. The number of nitrogens with two attached hydrogens (primary N) is 1. The molecule has 1 aliphatic rings. The van der Waals surface area contributed by atoms with Crippen LogP contribution in [-0.2, 0) is 0 Å². The SMILES string of the molecule is NCC1CN(C(=O)c2ccc(O)cc2O)C1. The summed E-state index contributed by atoms with van der Waals surface area (Å²) in [6.45, 7) is 1.84. The van der Waals surface area contributed by atoms with Gasteiger partial charge in [0.1, 0.15) is 11.5 Å². The van der Waals surface area contributed by atoms with Crippen molar-refractivity contribution in [3.63, 3.8) is 0 Å². The molecule has 0 aromatic heterocycles. The maximum absolute atomic E-state index is 11.9. The molecule has 1 saturated heterocycles. The molecule has 5 heteroatoms. The number of amides is 1. The highest BCUT2D eigenvalue weighted by Gasteiger charge is 2.31. The fourth-order valence-corrected chi connectivity index (χ4v) is 1.76. The summed E-state index contributed by atoms with van der Waals surface area (Å²) in [4.78, 5) is 13.5. The highest BCUT2D eigenvalue weighted by atomic mass is 16.3. The Hall–Kier alpha value is -1.75. The van der Waals surface area contributed by atoms with Gasteiger partial charge in [-0.15, -0.1) is 0 Å². The lowest BCUT2D eigenvalue weighted by atomic mass is 9.99. The Morgan fingerprint density at radius 1 is 1.44 bits per heavy atom. The first kappa shape index (κ1) is 10.8. The Kier molecular flexibility index (Phi) is 2.70. The normalized spacial score (nSPS) is 15.9. The minimum absolute atomic E-state index is 0.0579. The molecule has 1 aromatic carbocycles. The average Bonchev–Trinajstić information content (AvgIpc) is 2.15. The lowest BCUT2D eigenvalue weighted by molar-refractivity contribution is 0.0512. The fraction of sp³-hybridized carbons (Fsp3) is 0.364. The monoisotopic (exact) mass is 222 g/mol. The van der Waals surface area contributed by atoms with Crippen molar-refractivity contribution >= 4 is 5.91 Å². The van der Waals surface area contributed by atoms with E-state index in [4.69, 9.17) is 10.8 Å². The van der Waals surface area contributed by atoms with Crippen LogP contribution < -0.4 is 5.73 Å². The van der Waals surface area contributed by atoms with E-state index in [1.807, 2.05) is 0 Å². The summed E-state index contributed by atoms with van der Waals surface area (Å²) >= 11 is 0. The second-order valence-corrected chi connectivity index (χ2v) is 4.01. The van der Waals surface area contributed by atoms with Gasteiger partial charge in [-0.3, -0.25) is 4.79 Å². The molecule has 16 heavy (non-hydrogen) atoms. The van der Waals surface area contributed by atoms with Crippen LogP contribution >= 0.6 is 0 Å². The zero-order valence-corrected chi connectivity index (χ0v) is 8.76. The maximum Gasteiger partial charge on any atom is 0.257 e. The van der Waals surface area contributed by atoms with Crippen molar-refractivity contribution in [2.24, 2.45) is 11.7 Å². The van der Waals surface area contributed by atoms with E-state index in [0.29, 0.717) is 25.6 Å². The zero-order valence-electron chi connectivity index (χ0n) is 8.76. The van der Waals surface area contributed by atoms with Crippen molar-refractivity contribution in [3.8, 4) is 11.5 Å². The Bertz CT molecular complexity index is 414. The summed E-state index contributed by atoms with van der Waals surface area (Å²) in [6.07, 6.45) is 0. The number of aromatic hydroxyl groups is 2. The quantitative estimate of drug-likeness (QED) is 0.663. The van der Waals surface area contributed by atoms with E-state index in [2.05, 4.69) is 0 Å². The first-order chi connectivity index (χ1) is 7.61. The van der Waals surface area contributed by atoms with Crippen molar-refractivity contribution in [2.75, 3.05) is 19.6 Å². The van der Waals surface area contributed by atoms with Crippen LogP contribution in [-0.4, -0.2) is 40.7 Å². The minimum atomic E-state index is -0.220. The maximum atomic E-state index is 11.9. The van der Waals surface area contributed by atoms with Gasteiger partial charge in [-0.25, -0.2) is 0 Å². The molecule has 0 unspecified atom stereocenters. The molecular weight excluding hydrogens is 208 g/mol. The Morgan fingerprint density at radius 3 is 2.69 bits per heavy atom. The molecule has 0 bridgehead atoms. The van der Waals surface area contributed by atoms with Gasteiger partial charge in [-0.05, 0) is 18.7 Å². The number of phenolic OH excluding ortho intramolecular Hbond substituents is 2. The smallest absolute Gasteiger partial charge is 0.257 e. The average molecular weight is 222 g/mol. The summed E-state index contributed by atoms with van der Waals surface area (Å²) < 4.78 is 0. The molecule has 1 fully saturated rings. The van der Waals surface area contributed by atoms with Crippen LogP contribution in [0.3, 0.4) is 0 Å². The van der Waals surface area contributed by atoms with Gasteiger partial charge in [0.15, 0.2) is 0 Å². The van der Waals surface area contributed by atoms with Gasteiger partial charge in [-0.2, -0.15) is 0 Å². The minimum Gasteiger partial charge on any atom is -0.508 e. The molecule has 1 heterocycles. The van der Waals surface area contributed by atoms with Crippen LogP contribution in [0.5, 0.6) is 11.5 Å². The summed E-state index contributed by atoms with van der Waals surface area (Å²) in [6, 6.07) is 3.96. The molecule has 2 rings (SSSR count). The second-order valence-electron chi connectivity index (χ2n) is 4.01. The highest BCUT2D eigenvalue weighted by molar-refractivity contribution is 5.97. The fourth-order valence-electron chi connectivity index (χ4n) is 1.76. The third-order valence-electron chi connectivity index (χ3n) is 2.79. The van der Waals surface area contributed by atoms with E-state index >= 15 is 0 Å². The molecule has 1 aromatic rings. The third-order valence-corrected chi connectivity index (χ3v) is 2.79. The number of likely N-dealkylation sites (tertiary alicyclic amines) is 1. The number of hydrogen-bond acceptors (Lipinski definition) is 4. The molecule has 0 saturated carbocycles. The molecule has 86 valence electrons. The molecule has 0 radical (unpaired) electrons. The van der Waals surface area contributed by atoms with Gasteiger partial charge in [0.25, 0.3) is 5.91 Å². The summed E-state index contributed by atoms with van der Waals surface area (Å²) in [5.74, 6) is -0.107. The van der Waals surface area contributed by atoms with Crippen LogP contribution in [0.4, 0.5) is 0 Å². The summed E-state index contributed by atoms with van der Waals surface area (Å²) in [5, 5.41) is 18.6. The number of benzene rings is 1. The zero-order chi connectivity index (χ0) is 11.7.